The zero-order valence-corrected chi connectivity index (χ0v) is 22.9. The van der Waals surface area contributed by atoms with Crippen LogP contribution in [0.3, 0.4) is 0 Å². The van der Waals surface area contributed by atoms with E-state index in [1.165, 1.54) is 72.8 Å². The van der Waals surface area contributed by atoms with Crippen molar-refractivity contribution in [1.82, 2.24) is 0 Å². The zero-order chi connectivity index (χ0) is 27.5. The number of rotatable bonds is 8. The van der Waals surface area contributed by atoms with Crippen LogP contribution in [-0.2, 0) is 20.0 Å². The van der Waals surface area contributed by atoms with Crippen molar-refractivity contribution >= 4 is 66.2 Å². The van der Waals surface area contributed by atoms with Gasteiger partial charge in [0.1, 0.15) is 0 Å². The lowest BCUT2D eigenvalue weighted by Gasteiger charge is -2.11. The predicted octanol–water partition coefficient (Wildman–Crippen LogP) is 6.16. The van der Waals surface area contributed by atoms with Gasteiger partial charge in [-0.3, -0.25) is 14.2 Å². The van der Waals surface area contributed by atoms with E-state index < -0.39 is 26.0 Å². The normalized spacial score (nSPS) is 11.6. The fourth-order valence-electron chi connectivity index (χ4n) is 3.40. The van der Waals surface area contributed by atoms with Gasteiger partial charge < -0.3 is 5.32 Å². The molecule has 3 N–H and O–H groups in total. The van der Waals surface area contributed by atoms with E-state index in [2.05, 4.69) is 14.8 Å². The van der Waals surface area contributed by atoms with Crippen molar-refractivity contribution in [3.05, 3.63) is 112 Å². The summed E-state index contributed by atoms with van der Waals surface area (Å²) in [4.78, 5) is 12.8. The predicted molar refractivity (Wildman–Crippen MR) is 150 cm³/mol. The summed E-state index contributed by atoms with van der Waals surface area (Å²) in [6.07, 6.45) is 0. The molecule has 0 heterocycles. The van der Waals surface area contributed by atoms with Crippen LogP contribution in [-0.4, -0.2) is 22.7 Å². The lowest BCUT2D eigenvalue weighted by molar-refractivity contribution is 0.102. The highest BCUT2D eigenvalue weighted by Gasteiger charge is 2.17. The third kappa shape index (κ3) is 6.84. The fraction of sp³-hybridized carbons (Fsp3) is 0.0385. The monoisotopic (exact) mass is 589 g/mol. The number of carbonyl (C=O) groups excluding carboxylic acids is 1. The summed E-state index contributed by atoms with van der Waals surface area (Å²) >= 11 is 11.9. The minimum absolute atomic E-state index is 0.0425. The lowest BCUT2D eigenvalue weighted by atomic mass is 10.2. The molecule has 0 spiro atoms. The van der Waals surface area contributed by atoms with Gasteiger partial charge in [0.25, 0.3) is 26.0 Å². The summed E-state index contributed by atoms with van der Waals surface area (Å²) < 4.78 is 55.6. The van der Waals surface area contributed by atoms with Crippen molar-refractivity contribution in [1.29, 1.82) is 0 Å². The SMILES string of the molecule is Cc1ccc(S(=O)(=O)Nc2cccc(C(=O)Nc3ccc(S(=O)(=O)Nc4cc(Cl)cc(Cl)c4)cc3)c2)cc1. The number of nitrogens with one attached hydrogen (secondary N) is 3. The van der Waals surface area contributed by atoms with Gasteiger partial charge in [0.05, 0.1) is 15.5 Å². The van der Waals surface area contributed by atoms with Gasteiger partial charge in [0, 0.05) is 27.0 Å². The fourth-order valence-corrected chi connectivity index (χ4v) is 6.02. The maximum absolute atomic E-state index is 12.8. The van der Waals surface area contributed by atoms with E-state index in [9.17, 15) is 21.6 Å². The van der Waals surface area contributed by atoms with Crippen molar-refractivity contribution in [2.75, 3.05) is 14.8 Å². The molecule has 4 aromatic rings. The maximum atomic E-state index is 12.8. The number of anilines is 3. The van der Waals surface area contributed by atoms with Crippen LogP contribution in [0.5, 0.6) is 0 Å². The molecular formula is C26H21Cl2N3O5S2. The van der Waals surface area contributed by atoms with Crippen LogP contribution >= 0.6 is 23.2 Å². The van der Waals surface area contributed by atoms with Crippen molar-refractivity contribution in [2.24, 2.45) is 0 Å². The van der Waals surface area contributed by atoms with Crippen LogP contribution in [0, 0.1) is 6.92 Å². The van der Waals surface area contributed by atoms with Gasteiger partial charge in [0.15, 0.2) is 0 Å². The molecule has 0 aliphatic heterocycles. The van der Waals surface area contributed by atoms with E-state index in [1.54, 1.807) is 18.2 Å². The molecule has 0 aliphatic carbocycles. The molecular weight excluding hydrogens is 569 g/mol. The van der Waals surface area contributed by atoms with Crippen molar-refractivity contribution in [2.45, 2.75) is 16.7 Å². The molecule has 196 valence electrons. The second-order valence-corrected chi connectivity index (χ2v) is 12.5. The summed E-state index contributed by atoms with van der Waals surface area (Å²) in [5.41, 5.74) is 1.89. The Bertz CT molecular complexity index is 1690. The smallest absolute Gasteiger partial charge is 0.261 e. The Kier molecular flexibility index (Phi) is 7.98. The van der Waals surface area contributed by atoms with Gasteiger partial charge in [0.2, 0.25) is 0 Å². The molecule has 0 fully saturated rings. The number of halogens is 2. The van der Waals surface area contributed by atoms with E-state index in [0.717, 1.165) is 5.56 Å². The van der Waals surface area contributed by atoms with Crippen LogP contribution in [0.1, 0.15) is 15.9 Å². The molecule has 8 nitrogen and oxygen atoms in total. The lowest BCUT2D eigenvalue weighted by Crippen LogP contribution is -2.15. The van der Waals surface area contributed by atoms with Gasteiger partial charge in [-0.15, -0.1) is 0 Å². The molecule has 0 atom stereocenters. The average Bonchev–Trinajstić information content (AvgIpc) is 2.83. The molecule has 0 aliphatic rings. The molecule has 12 heteroatoms. The molecule has 0 radical (unpaired) electrons. The van der Waals surface area contributed by atoms with Crippen LogP contribution in [0.15, 0.2) is 101 Å². The van der Waals surface area contributed by atoms with Gasteiger partial charge in [-0.1, -0.05) is 47.0 Å². The van der Waals surface area contributed by atoms with Crippen LogP contribution in [0.4, 0.5) is 17.1 Å². The molecule has 4 rings (SSSR count). The second kappa shape index (κ2) is 11.0. The highest BCUT2D eigenvalue weighted by atomic mass is 35.5. The molecule has 0 bridgehead atoms. The molecule has 0 unspecified atom stereocenters. The minimum atomic E-state index is -3.94. The van der Waals surface area contributed by atoms with Crippen molar-refractivity contribution < 1.29 is 21.6 Å². The Morgan fingerprint density at radius 2 is 1.16 bits per heavy atom. The number of aryl methyl sites for hydroxylation is 1. The molecule has 38 heavy (non-hydrogen) atoms. The number of amides is 1. The maximum Gasteiger partial charge on any atom is 0.261 e. The van der Waals surface area contributed by atoms with E-state index >= 15 is 0 Å². The van der Waals surface area contributed by atoms with Crippen molar-refractivity contribution in [3.8, 4) is 0 Å². The topological polar surface area (TPSA) is 121 Å². The first kappa shape index (κ1) is 27.5. The van der Waals surface area contributed by atoms with Crippen molar-refractivity contribution in [3.63, 3.8) is 0 Å². The average molecular weight is 591 g/mol. The number of sulfonamides is 2. The quantitative estimate of drug-likeness (QED) is 0.227. The first-order chi connectivity index (χ1) is 17.9. The first-order valence-electron chi connectivity index (χ1n) is 11.0. The Hall–Kier alpha value is -3.57. The minimum Gasteiger partial charge on any atom is -0.322 e. The Morgan fingerprint density at radius 3 is 1.74 bits per heavy atom. The van der Waals surface area contributed by atoms with E-state index in [1.807, 2.05) is 6.92 Å². The van der Waals surface area contributed by atoms with Gasteiger partial charge >= 0.3 is 0 Å². The van der Waals surface area contributed by atoms with Gasteiger partial charge in [-0.05, 0) is 79.7 Å². The third-order valence-electron chi connectivity index (χ3n) is 5.25. The molecule has 0 saturated carbocycles. The molecule has 0 aromatic heterocycles. The van der Waals surface area contributed by atoms with E-state index in [4.69, 9.17) is 23.2 Å². The van der Waals surface area contributed by atoms with Crippen LogP contribution < -0.4 is 14.8 Å². The first-order valence-corrected chi connectivity index (χ1v) is 14.7. The Morgan fingerprint density at radius 1 is 0.632 bits per heavy atom. The molecule has 1 amide bonds. The van der Waals surface area contributed by atoms with Crippen LogP contribution in [0.25, 0.3) is 0 Å². The van der Waals surface area contributed by atoms with Crippen LogP contribution in [0.2, 0.25) is 10.0 Å². The zero-order valence-electron chi connectivity index (χ0n) is 19.8. The Labute approximate surface area is 230 Å². The largest absolute Gasteiger partial charge is 0.322 e. The third-order valence-corrected chi connectivity index (χ3v) is 8.48. The van der Waals surface area contributed by atoms with Gasteiger partial charge in [-0.2, -0.15) is 0 Å². The molecule has 0 saturated heterocycles. The summed E-state index contributed by atoms with van der Waals surface area (Å²) in [5, 5.41) is 3.22. The summed E-state index contributed by atoms with van der Waals surface area (Å²) in [6.45, 7) is 1.85. The number of hydrogen-bond acceptors (Lipinski definition) is 5. The standard InChI is InChI=1S/C26H21Cl2N3O5S2/c1-17-5-9-24(10-6-17)37(33,34)30-22-4-2-3-18(13-22)26(32)29-21-7-11-25(12-8-21)38(35,36)31-23-15-19(27)14-20(28)16-23/h2-16,30-31H,1H3,(H,29,32). The number of hydrogen-bond donors (Lipinski definition) is 3. The van der Waals surface area contributed by atoms with E-state index in [0.29, 0.717) is 5.69 Å². The Balaban J connectivity index is 1.45. The second-order valence-electron chi connectivity index (χ2n) is 8.24. The number of benzene rings is 4. The summed E-state index contributed by atoms with van der Waals surface area (Å²) in [5.74, 6) is -0.510. The summed E-state index contributed by atoms with van der Waals surface area (Å²) in [6, 6.07) is 22.2. The van der Waals surface area contributed by atoms with E-state index in [-0.39, 0.29) is 36.8 Å². The highest BCUT2D eigenvalue weighted by Crippen LogP contribution is 2.25. The highest BCUT2D eigenvalue weighted by molar-refractivity contribution is 7.93. The molecule has 4 aromatic carbocycles. The van der Waals surface area contributed by atoms with Gasteiger partial charge in [-0.25, -0.2) is 16.8 Å². The summed E-state index contributed by atoms with van der Waals surface area (Å²) in [7, 11) is -7.77. The number of carbonyl (C=O) groups is 1.